The maximum Gasteiger partial charge on any atom is 0.244 e. The van der Waals surface area contributed by atoms with Gasteiger partial charge in [-0.2, -0.15) is 0 Å². The molecule has 0 aliphatic rings. The molecule has 0 spiro atoms. The van der Waals surface area contributed by atoms with E-state index in [1.807, 2.05) is 17.5 Å². The summed E-state index contributed by atoms with van der Waals surface area (Å²) >= 11 is 1.64. The molecule has 0 aliphatic heterocycles. The second kappa shape index (κ2) is 9.29. The van der Waals surface area contributed by atoms with E-state index < -0.39 is 0 Å². The van der Waals surface area contributed by atoms with Crippen LogP contribution in [0.3, 0.4) is 0 Å². The van der Waals surface area contributed by atoms with Crippen LogP contribution in [-0.2, 0) is 4.79 Å². The van der Waals surface area contributed by atoms with Gasteiger partial charge in [0.1, 0.15) is 5.75 Å². The maximum absolute atomic E-state index is 12.4. The topological polar surface area (TPSA) is 56.8 Å². The Morgan fingerprint density at radius 2 is 1.73 bits per heavy atom. The van der Waals surface area contributed by atoms with Crippen LogP contribution < -0.4 is 19.5 Å². The maximum atomic E-state index is 12.4. The molecule has 1 aromatic heterocycles. The highest BCUT2D eigenvalue weighted by Crippen LogP contribution is 2.35. The molecule has 1 atom stereocenters. The van der Waals surface area contributed by atoms with Gasteiger partial charge in [-0.25, -0.2) is 0 Å². The fourth-order valence-electron chi connectivity index (χ4n) is 2.58. The fraction of sp³-hybridized carbons (Fsp3) is 0.350. The highest BCUT2D eigenvalue weighted by atomic mass is 32.1. The predicted molar refractivity (Wildman–Crippen MR) is 105 cm³/mol. The zero-order valence-corrected chi connectivity index (χ0v) is 16.6. The summed E-state index contributed by atoms with van der Waals surface area (Å²) in [5.41, 5.74) is 0.734. The molecule has 1 heterocycles. The molecule has 0 unspecified atom stereocenters. The summed E-state index contributed by atoms with van der Waals surface area (Å²) in [5, 5.41) is 5.08. The van der Waals surface area contributed by atoms with Crippen molar-refractivity contribution < 1.29 is 19.0 Å². The summed E-state index contributed by atoms with van der Waals surface area (Å²) in [5.74, 6) is 1.89. The second-order valence-electron chi connectivity index (χ2n) is 6.03. The molecule has 5 nitrogen and oxygen atoms in total. The van der Waals surface area contributed by atoms with E-state index in [1.165, 1.54) is 6.08 Å². The standard InChI is InChI=1S/C20H25NO4S/c1-13(2)20(18-7-6-10-26-18)21-19(22)9-8-14-11-16(24-4)17(25-5)12-15(14)23-3/h6-13,20H,1-5H3,(H,21,22)/b9-8+/t20-/m1/s1. The van der Waals surface area contributed by atoms with Crippen LogP contribution in [0.1, 0.15) is 30.3 Å². The van der Waals surface area contributed by atoms with Crippen LogP contribution in [0.25, 0.3) is 6.08 Å². The highest BCUT2D eigenvalue weighted by Gasteiger charge is 2.18. The van der Waals surface area contributed by atoms with Crippen LogP contribution in [0.4, 0.5) is 0 Å². The van der Waals surface area contributed by atoms with Gasteiger partial charge in [-0.05, 0) is 29.5 Å². The third-order valence-corrected chi connectivity index (χ3v) is 4.92. The lowest BCUT2D eigenvalue weighted by Gasteiger charge is -2.20. The third kappa shape index (κ3) is 4.79. The van der Waals surface area contributed by atoms with Gasteiger partial charge in [0, 0.05) is 22.6 Å². The average molecular weight is 375 g/mol. The molecule has 0 aliphatic carbocycles. The summed E-state index contributed by atoms with van der Waals surface area (Å²) in [4.78, 5) is 13.6. The van der Waals surface area contributed by atoms with Crippen molar-refractivity contribution in [2.45, 2.75) is 19.9 Å². The average Bonchev–Trinajstić information content (AvgIpc) is 3.17. The van der Waals surface area contributed by atoms with Gasteiger partial charge in [0.25, 0.3) is 0 Å². The minimum atomic E-state index is -0.158. The van der Waals surface area contributed by atoms with Crippen LogP contribution in [0.15, 0.2) is 35.7 Å². The Hall–Kier alpha value is -2.47. The SMILES string of the molecule is COc1cc(OC)c(OC)cc1/C=C/C(=O)N[C@@H](c1cccs1)C(C)C. The van der Waals surface area contributed by atoms with Gasteiger partial charge in [0.2, 0.25) is 5.91 Å². The van der Waals surface area contributed by atoms with Gasteiger partial charge < -0.3 is 19.5 Å². The van der Waals surface area contributed by atoms with Gasteiger partial charge in [0.15, 0.2) is 11.5 Å². The predicted octanol–water partition coefficient (Wildman–Crippen LogP) is 4.30. The van der Waals surface area contributed by atoms with Gasteiger partial charge in [-0.3, -0.25) is 4.79 Å². The lowest BCUT2D eigenvalue weighted by molar-refractivity contribution is -0.117. The molecular formula is C20H25NO4S. The molecule has 1 aromatic carbocycles. The third-order valence-electron chi connectivity index (χ3n) is 3.96. The number of methoxy groups -OCH3 is 3. The number of rotatable bonds is 8. The lowest BCUT2D eigenvalue weighted by Crippen LogP contribution is -2.29. The summed E-state index contributed by atoms with van der Waals surface area (Å²) in [6, 6.07) is 7.53. The van der Waals surface area contributed by atoms with E-state index in [0.29, 0.717) is 23.2 Å². The number of carbonyl (C=O) groups excluding carboxylic acids is 1. The van der Waals surface area contributed by atoms with Gasteiger partial charge in [0.05, 0.1) is 27.4 Å². The number of hydrogen-bond acceptors (Lipinski definition) is 5. The van der Waals surface area contributed by atoms with E-state index in [2.05, 4.69) is 19.2 Å². The molecule has 0 saturated heterocycles. The summed E-state index contributed by atoms with van der Waals surface area (Å²) in [7, 11) is 4.71. The molecule has 140 valence electrons. The number of thiophene rings is 1. The van der Waals surface area contributed by atoms with E-state index in [0.717, 1.165) is 10.4 Å². The molecule has 0 bridgehead atoms. The molecular weight excluding hydrogens is 350 g/mol. The zero-order valence-electron chi connectivity index (χ0n) is 15.7. The zero-order chi connectivity index (χ0) is 19.1. The van der Waals surface area contributed by atoms with Crippen molar-refractivity contribution in [1.82, 2.24) is 5.32 Å². The van der Waals surface area contributed by atoms with Crippen molar-refractivity contribution >= 4 is 23.3 Å². The molecule has 2 rings (SSSR count). The Labute approximate surface area is 158 Å². The first-order valence-electron chi connectivity index (χ1n) is 8.32. The van der Waals surface area contributed by atoms with Crippen molar-refractivity contribution in [3.63, 3.8) is 0 Å². The summed E-state index contributed by atoms with van der Waals surface area (Å²) in [6.07, 6.45) is 3.22. The highest BCUT2D eigenvalue weighted by molar-refractivity contribution is 7.10. The summed E-state index contributed by atoms with van der Waals surface area (Å²) < 4.78 is 16.0. The van der Waals surface area contributed by atoms with Gasteiger partial charge in [-0.15, -0.1) is 11.3 Å². The van der Waals surface area contributed by atoms with E-state index in [4.69, 9.17) is 14.2 Å². The Morgan fingerprint density at radius 1 is 1.08 bits per heavy atom. The van der Waals surface area contributed by atoms with Crippen molar-refractivity contribution in [1.29, 1.82) is 0 Å². The minimum Gasteiger partial charge on any atom is -0.496 e. The smallest absolute Gasteiger partial charge is 0.244 e. The quantitative estimate of drug-likeness (QED) is 0.699. The van der Waals surface area contributed by atoms with Gasteiger partial charge >= 0.3 is 0 Å². The van der Waals surface area contributed by atoms with Crippen molar-refractivity contribution in [2.75, 3.05) is 21.3 Å². The first-order valence-corrected chi connectivity index (χ1v) is 9.20. The number of benzene rings is 1. The first kappa shape index (κ1) is 19.8. The molecule has 2 aromatic rings. The van der Waals surface area contributed by atoms with Crippen LogP contribution in [0.2, 0.25) is 0 Å². The van der Waals surface area contributed by atoms with Crippen LogP contribution >= 0.6 is 11.3 Å². The number of amides is 1. The Morgan fingerprint density at radius 3 is 2.27 bits per heavy atom. The number of carbonyl (C=O) groups is 1. The second-order valence-corrected chi connectivity index (χ2v) is 7.01. The van der Waals surface area contributed by atoms with E-state index in [9.17, 15) is 4.79 Å². The monoisotopic (exact) mass is 375 g/mol. The largest absolute Gasteiger partial charge is 0.496 e. The van der Waals surface area contributed by atoms with Crippen molar-refractivity contribution in [3.8, 4) is 17.2 Å². The number of hydrogen-bond donors (Lipinski definition) is 1. The lowest BCUT2D eigenvalue weighted by atomic mass is 10.0. The van der Waals surface area contributed by atoms with E-state index in [-0.39, 0.29) is 11.9 Å². The Bertz CT molecular complexity index is 753. The Kier molecular flexibility index (Phi) is 7.09. The molecule has 0 saturated carbocycles. The van der Waals surface area contributed by atoms with Gasteiger partial charge in [-0.1, -0.05) is 19.9 Å². The Balaban J connectivity index is 2.19. The molecule has 0 radical (unpaired) electrons. The van der Waals surface area contributed by atoms with Crippen LogP contribution in [0.5, 0.6) is 17.2 Å². The number of ether oxygens (including phenoxy) is 3. The summed E-state index contributed by atoms with van der Waals surface area (Å²) in [6.45, 7) is 4.18. The molecule has 6 heteroatoms. The van der Waals surface area contributed by atoms with Crippen molar-refractivity contribution in [3.05, 3.63) is 46.2 Å². The normalized spacial score (nSPS) is 12.2. The minimum absolute atomic E-state index is 0.0144. The van der Waals surface area contributed by atoms with Crippen LogP contribution in [-0.4, -0.2) is 27.2 Å². The van der Waals surface area contributed by atoms with Crippen LogP contribution in [0, 0.1) is 5.92 Å². The molecule has 1 N–H and O–H groups in total. The molecule has 1 amide bonds. The molecule has 26 heavy (non-hydrogen) atoms. The van der Waals surface area contributed by atoms with E-state index >= 15 is 0 Å². The fourth-order valence-corrected chi connectivity index (χ4v) is 3.53. The van der Waals surface area contributed by atoms with Crippen molar-refractivity contribution in [2.24, 2.45) is 5.92 Å². The number of nitrogens with one attached hydrogen (secondary N) is 1. The van der Waals surface area contributed by atoms with E-state index in [1.54, 1.807) is 50.9 Å². The first-order chi connectivity index (χ1) is 12.5. The molecule has 0 fully saturated rings.